The summed E-state index contributed by atoms with van der Waals surface area (Å²) in [6, 6.07) is 4.30. The van der Waals surface area contributed by atoms with Gasteiger partial charge in [-0.2, -0.15) is 0 Å². The maximum Gasteiger partial charge on any atom is 0.325 e. The first-order valence-corrected chi connectivity index (χ1v) is 6.85. The second-order valence-electron chi connectivity index (χ2n) is 4.63. The molecule has 6 heteroatoms. The van der Waals surface area contributed by atoms with Crippen molar-refractivity contribution >= 4 is 23.5 Å². The lowest BCUT2D eigenvalue weighted by Gasteiger charge is -2.21. The van der Waals surface area contributed by atoms with E-state index in [1.165, 1.54) is 23.1 Å². The molecule has 1 aliphatic carbocycles. The minimum atomic E-state index is -0.450. The number of carbonyl (C=O) groups excluding carboxylic acids is 2. The number of amides is 1. The lowest BCUT2D eigenvalue weighted by Crippen LogP contribution is -2.38. The average molecular weight is 298 g/mol. The molecule has 1 N–H and O–H groups in total. The summed E-state index contributed by atoms with van der Waals surface area (Å²) in [6.07, 6.45) is 1.71. The molecule has 0 aliphatic heterocycles. The van der Waals surface area contributed by atoms with Gasteiger partial charge < -0.3 is 14.7 Å². The Bertz CT molecular complexity index is 528. The number of ether oxygens (including phenoxy) is 1. The molecule has 20 heavy (non-hydrogen) atoms. The lowest BCUT2D eigenvalue weighted by atomic mass is 10.1. The molecule has 1 fully saturated rings. The van der Waals surface area contributed by atoms with E-state index in [1.54, 1.807) is 6.92 Å². The van der Waals surface area contributed by atoms with Crippen molar-refractivity contribution in [3.05, 3.63) is 28.8 Å². The van der Waals surface area contributed by atoms with Crippen LogP contribution >= 0.6 is 11.6 Å². The fourth-order valence-corrected chi connectivity index (χ4v) is 2.11. The van der Waals surface area contributed by atoms with Gasteiger partial charge in [0.25, 0.3) is 5.91 Å². The maximum absolute atomic E-state index is 12.4. The summed E-state index contributed by atoms with van der Waals surface area (Å²) in [5.41, 5.74) is 0.105. The molecular formula is C14H16ClNO4. The smallest absolute Gasteiger partial charge is 0.325 e. The standard InChI is InChI=1S/C14H16ClNO4/c1-2-20-13(18)8-16(10-4-5-10)14(19)11-7-9(15)3-6-12(11)17/h3,6-7,10,17H,2,4-5,8H2,1H3. The highest BCUT2D eigenvalue weighted by molar-refractivity contribution is 6.31. The normalized spacial score (nSPS) is 13.9. The molecule has 1 aromatic rings. The van der Waals surface area contributed by atoms with E-state index >= 15 is 0 Å². The van der Waals surface area contributed by atoms with E-state index in [-0.39, 0.29) is 30.5 Å². The third kappa shape index (κ3) is 3.42. The minimum absolute atomic E-state index is 0.0327. The number of nitrogens with zero attached hydrogens (tertiary/aromatic N) is 1. The van der Waals surface area contributed by atoms with Crippen LogP contribution in [0.1, 0.15) is 30.1 Å². The lowest BCUT2D eigenvalue weighted by molar-refractivity contribution is -0.144. The zero-order chi connectivity index (χ0) is 14.7. The van der Waals surface area contributed by atoms with Gasteiger partial charge in [0.05, 0.1) is 12.2 Å². The summed E-state index contributed by atoms with van der Waals surface area (Å²) in [7, 11) is 0. The van der Waals surface area contributed by atoms with Crippen LogP contribution in [0.25, 0.3) is 0 Å². The van der Waals surface area contributed by atoms with Gasteiger partial charge in [-0.05, 0) is 38.0 Å². The van der Waals surface area contributed by atoms with Crippen molar-refractivity contribution in [2.75, 3.05) is 13.2 Å². The Labute approximate surface area is 122 Å². The van der Waals surface area contributed by atoms with Crippen molar-refractivity contribution in [2.24, 2.45) is 0 Å². The number of halogens is 1. The van der Waals surface area contributed by atoms with Crippen molar-refractivity contribution in [3.8, 4) is 5.75 Å². The van der Waals surface area contributed by atoms with Crippen molar-refractivity contribution in [3.63, 3.8) is 0 Å². The van der Waals surface area contributed by atoms with E-state index in [0.717, 1.165) is 12.8 Å². The topological polar surface area (TPSA) is 66.8 Å². The first-order chi connectivity index (χ1) is 9.52. The molecule has 5 nitrogen and oxygen atoms in total. The van der Waals surface area contributed by atoms with Crippen molar-refractivity contribution < 1.29 is 19.4 Å². The monoisotopic (exact) mass is 297 g/mol. The van der Waals surface area contributed by atoms with Crippen LogP contribution in [0.5, 0.6) is 5.75 Å². The van der Waals surface area contributed by atoms with Crippen LogP contribution in [-0.4, -0.2) is 41.1 Å². The highest BCUT2D eigenvalue weighted by atomic mass is 35.5. The largest absolute Gasteiger partial charge is 0.507 e. The van der Waals surface area contributed by atoms with Gasteiger partial charge in [0.15, 0.2) is 0 Å². The molecular weight excluding hydrogens is 282 g/mol. The van der Waals surface area contributed by atoms with E-state index < -0.39 is 11.9 Å². The zero-order valence-electron chi connectivity index (χ0n) is 11.1. The van der Waals surface area contributed by atoms with Gasteiger partial charge in [-0.1, -0.05) is 11.6 Å². The Morgan fingerprint density at radius 3 is 2.75 bits per heavy atom. The minimum Gasteiger partial charge on any atom is -0.507 e. The zero-order valence-corrected chi connectivity index (χ0v) is 11.9. The van der Waals surface area contributed by atoms with Gasteiger partial charge in [0, 0.05) is 11.1 Å². The summed E-state index contributed by atoms with van der Waals surface area (Å²) in [5, 5.41) is 10.1. The van der Waals surface area contributed by atoms with Crippen LogP contribution in [0.3, 0.4) is 0 Å². The fraction of sp³-hybridized carbons (Fsp3) is 0.429. The van der Waals surface area contributed by atoms with E-state index in [0.29, 0.717) is 5.02 Å². The van der Waals surface area contributed by atoms with Crippen LogP contribution < -0.4 is 0 Å². The van der Waals surface area contributed by atoms with Gasteiger partial charge in [-0.15, -0.1) is 0 Å². The Kier molecular flexibility index (Phi) is 4.49. The van der Waals surface area contributed by atoms with Crippen LogP contribution in [0, 0.1) is 0 Å². The third-order valence-corrected chi connectivity index (χ3v) is 3.28. The first-order valence-electron chi connectivity index (χ1n) is 6.48. The number of esters is 1. The molecule has 1 amide bonds. The summed E-state index contributed by atoms with van der Waals surface area (Å²) < 4.78 is 4.87. The molecule has 2 rings (SSSR count). The fourth-order valence-electron chi connectivity index (χ4n) is 1.93. The number of hydrogen-bond donors (Lipinski definition) is 1. The number of carbonyl (C=O) groups is 2. The molecule has 0 aromatic heterocycles. The summed E-state index contributed by atoms with van der Waals surface area (Å²) in [6.45, 7) is 1.88. The molecule has 1 aliphatic rings. The molecule has 0 saturated heterocycles. The number of hydrogen-bond acceptors (Lipinski definition) is 4. The van der Waals surface area contributed by atoms with Crippen LogP contribution in [0.15, 0.2) is 18.2 Å². The predicted octanol–water partition coefficient (Wildman–Crippen LogP) is 2.21. The van der Waals surface area contributed by atoms with E-state index in [2.05, 4.69) is 0 Å². The number of rotatable bonds is 5. The average Bonchev–Trinajstić information content (AvgIpc) is 3.23. The quantitative estimate of drug-likeness (QED) is 0.846. The second kappa shape index (κ2) is 6.13. The molecule has 0 unspecified atom stereocenters. The SMILES string of the molecule is CCOC(=O)CN(C(=O)c1cc(Cl)ccc1O)C1CC1. The van der Waals surface area contributed by atoms with E-state index in [4.69, 9.17) is 16.3 Å². The van der Waals surface area contributed by atoms with Gasteiger partial charge in [0.2, 0.25) is 0 Å². The van der Waals surface area contributed by atoms with Crippen molar-refractivity contribution in [1.29, 1.82) is 0 Å². The molecule has 0 bridgehead atoms. The molecule has 0 atom stereocenters. The van der Waals surface area contributed by atoms with Crippen LogP contribution in [-0.2, 0) is 9.53 Å². The Morgan fingerprint density at radius 2 is 2.15 bits per heavy atom. The predicted molar refractivity (Wildman–Crippen MR) is 73.8 cm³/mol. The van der Waals surface area contributed by atoms with E-state index in [1.807, 2.05) is 0 Å². The number of aromatic hydroxyl groups is 1. The van der Waals surface area contributed by atoms with E-state index in [9.17, 15) is 14.7 Å². The number of phenolic OH excluding ortho intramolecular Hbond substituents is 1. The molecule has 0 heterocycles. The number of phenols is 1. The van der Waals surface area contributed by atoms with Gasteiger partial charge in [-0.3, -0.25) is 9.59 Å². The van der Waals surface area contributed by atoms with Gasteiger partial charge >= 0.3 is 5.97 Å². The molecule has 0 spiro atoms. The van der Waals surface area contributed by atoms with Crippen LogP contribution in [0.2, 0.25) is 5.02 Å². The van der Waals surface area contributed by atoms with Crippen molar-refractivity contribution in [2.45, 2.75) is 25.8 Å². The summed E-state index contributed by atoms with van der Waals surface area (Å²) >= 11 is 5.84. The van der Waals surface area contributed by atoms with Gasteiger partial charge in [0.1, 0.15) is 12.3 Å². The van der Waals surface area contributed by atoms with Crippen molar-refractivity contribution in [1.82, 2.24) is 4.90 Å². The summed E-state index contributed by atoms with van der Waals surface area (Å²) in [4.78, 5) is 25.4. The van der Waals surface area contributed by atoms with Gasteiger partial charge in [-0.25, -0.2) is 0 Å². The number of benzene rings is 1. The summed E-state index contributed by atoms with van der Waals surface area (Å²) in [5.74, 6) is -0.997. The third-order valence-electron chi connectivity index (χ3n) is 3.04. The first kappa shape index (κ1) is 14.7. The molecule has 108 valence electrons. The Hall–Kier alpha value is -1.75. The molecule has 1 aromatic carbocycles. The highest BCUT2D eigenvalue weighted by Crippen LogP contribution is 2.30. The highest BCUT2D eigenvalue weighted by Gasteiger charge is 2.35. The second-order valence-corrected chi connectivity index (χ2v) is 5.07. The molecule has 0 radical (unpaired) electrons. The Morgan fingerprint density at radius 1 is 1.45 bits per heavy atom. The Balaban J connectivity index is 2.18. The molecule has 1 saturated carbocycles. The maximum atomic E-state index is 12.4. The van der Waals surface area contributed by atoms with Crippen LogP contribution in [0.4, 0.5) is 0 Å².